The molecule has 0 spiro atoms. The standard InChI is InChI=1S/C25H29N3O2/c1-5-28-13-12-22-20(15-28)24(18-8-6-7-9-21(18)27-22)25(29)26-17(3)19-14-16(2)10-11-23(19)30-4/h6-11,14,17H,5,12-13,15H2,1-4H3,(H,26,29)/t17-/m1/s1. The summed E-state index contributed by atoms with van der Waals surface area (Å²) in [6.45, 7) is 8.91. The average Bonchev–Trinajstić information content (AvgIpc) is 2.76. The maximum atomic E-state index is 13.6. The molecule has 0 bridgehead atoms. The number of pyridine rings is 1. The number of aryl methyl sites for hydroxylation is 1. The lowest BCUT2D eigenvalue weighted by molar-refractivity contribution is 0.0938. The molecule has 30 heavy (non-hydrogen) atoms. The van der Waals surface area contributed by atoms with Gasteiger partial charge in [0.1, 0.15) is 5.75 Å². The molecule has 0 radical (unpaired) electrons. The van der Waals surface area contributed by atoms with Crippen LogP contribution in [0.2, 0.25) is 0 Å². The SMILES string of the molecule is CCN1CCc2nc3ccccc3c(C(=O)N[C@H](C)c3cc(C)ccc3OC)c2C1. The Morgan fingerprint density at radius 3 is 2.83 bits per heavy atom. The van der Waals surface area contributed by atoms with Crippen LogP contribution < -0.4 is 10.1 Å². The number of rotatable bonds is 5. The van der Waals surface area contributed by atoms with Crippen LogP contribution in [0, 0.1) is 6.92 Å². The fraction of sp³-hybridized carbons (Fsp3) is 0.360. The molecule has 0 fully saturated rings. The van der Waals surface area contributed by atoms with Gasteiger partial charge in [-0.05, 0) is 32.5 Å². The van der Waals surface area contributed by atoms with Crippen molar-refractivity contribution in [3.05, 3.63) is 70.4 Å². The van der Waals surface area contributed by atoms with Gasteiger partial charge in [0.05, 0.1) is 24.2 Å². The van der Waals surface area contributed by atoms with Crippen molar-refractivity contribution in [2.75, 3.05) is 20.2 Å². The van der Waals surface area contributed by atoms with E-state index in [1.807, 2.05) is 50.2 Å². The number of nitrogens with zero attached hydrogens (tertiary/aromatic N) is 2. The molecule has 5 nitrogen and oxygen atoms in total. The van der Waals surface area contributed by atoms with Crippen molar-refractivity contribution in [3.8, 4) is 5.75 Å². The summed E-state index contributed by atoms with van der Waals surface area (Å²) < 4.78 is 5.53. The molecule has 0 saturated heterocycles. The smallest absolute Gasteiger partial charge is 0.252 e. The van der Waals surface area contributed by atoms with Crippen molar-refractivity contribution in [1.29, 1.82) is 0 Å². The van der Waals surface area contributed by atoms with Gasteiger partial charge in [0.2, 0.25) is 0 Å². The zero-order valence-corrected chi connectivity index (χ0v) is 18.2. The Hall–Kier alpha value is -2.92. The molecule has 4 rings (SSSR count). The van der Waals surface area contributed by atoms with Crippen LogP contribution in [0.15, 0.2) is 42.5 Å². The van der Waals surface area contributed by atoms with Crippen LogP contribution in [0.4, 0.5) is 0 Å². The number of likely N-dealkylation sites (N-methyl/N-ethyl adjacent to an activating group) is 1. The minimum absolute atomic E-state index is 0.0566. The van der Waals surface area contributed by atoms with Crippen molar-refractivity contribution in [2.24, 2.45) is 0 Å². The van der Waals surface area contributed by atoms with E-state index in [0.717, 1.165) is 70.7 Å². The maximum Gasteiger partial charge on any atom is 0.252 e. The molecule has 3 aromatic rings. The molecule has 5 heteroatoms. The van der Waals surface area contributed by atoms with Crippen molar-refractivity contribution < 1.29 is 9.53 Å². The number of aromatic nitrogens is 1. The first-order valence-electron chi connectivity index (χ1n) is 10.6. The first-order chi connectivity index (χ1) is 14.5. The Bertz CT molecular complexity index is 1090. The number of methoxy groups -OCH3 is 1. The summed E-state index contributed by atoms with van der Waals surface area (Å²) >= 11 is 0. The first kappa shape index (κ1) is 20.4. The summed E-state index contributed by atoms with van der Waals surface area (Å²) in [4.78, 5) is 20.8. The number of fused-ring (bicyclic) bond motifs is 2. The lowest BCUT2D eigenvalue weighted by Gasteiger charge is -2.29. The van der Waals surface area contributed by atoms with E-state index < -0.39 is 0 Å². The van der Waals surface area contributed by atoms with E-state index in [4.69, 9.17) is 9.72 Å². The Morgan fingerprint density at radius 1 is 1.27 bits per heavy atom. The summed E-state index contributed by atoms with van der Waals surface area (Å²) in [5.74, 6) is 0.728. The van der Waals surface area contributed by atoms with Gasteiger partial charge >= 0.3 is 0 Å². The minimum Gasteiger partial charge on any atom is -0.496 e. The predicted molar refractivity (Wildman–Crippen MR) is 120 cm³/mol. The molecule has 1 atom stereocenters. The van der Waals surface area contributed by atoms with Crippen LogP contribution in [-0.2, 0) is 13.0 Å². The quantitative estimate of drug-likeness (QED) is 0.685. The maximum absolute atomic E-state index is 13.6. The second-order valence-electron chi connectivity index (χ2n) is 7.99. The summed E-state index contributed by atoms with van der Waals surface area (Å²) in [5.41, 5.74) is 5.86. The molecule has 0 aliphatic carbocycles. The highest BCUT2D eigenvalue weighted by atomic mass is 16.5. The van der Waals surface area contributed by atoms with E-state index >= 15 is 0 Å². The highest BCUT2D eigenvalue weighted by Gasteiger charge is 2.26. The third-order valence-electron chi connectivity index (χ3n) is 6.00. The Morgan fingerprint density at radius 2 is 2.07 bits per heavy atom. The second kappa shape index (κ2) is 8.44. The number of hydrogen-bond acceptors (Lipinski definition) is 4. The van der Waals surface area contributed by atoms with Gasteiger partial charge in [-0.3, -0.25) is 14.7 Å². The third kappa shape index (κ3) is 3.77. The highest BCUT2D eigenvalue weighted by Crippen LogP contribution is 2.30. The molecule has 2 aromatic carbocycles. The Balaban J connectivity index is 1.75. The second-order valence-corrected chi connectivity index (χ2v) is 7.99. The molecule has 2 heterocycles. The number of nitrogens with one attached hydrogen (secondary N) is 1. The molecular formula is C25H29N3O2. The van der Waals surface area contributed by atoms with Gasteiger partial charge in [-0.25, -0.2) is 0 Å². The average molecular weight is 404 g/mol. The number of para-hydroxylation sites is 1. The summed E-state index contributed by atoms with van der Waals surface area (Å²) in [6, 6.07) is 13.8. The van der Waals surface area contributed by atoms with Crippen LogP contribution >= 0.6 is 0 Å². The molecule has 0 saturated carbocycles. The molecule has 1 amide bonds. The molecule has 156 valence electrons. The fourth-order valence-corrected chi connectivity index (χ4v) is 4.31. The largest absolute Gasteiger partial charge is 0.496 e. The van der Waals surface area contributed by atoms with Crippen LogP contribution in [0.25, 0.3) is 10.9 Å². The molecule has 0 unspecified atom stereocenters. The summed E-state index contributed by atoms with van der Waals surface area (Å²) in [5, 5.41) is 4.14. The van der Waals surface area contributed by atoms with Gasteiger partial charge in [-0.2, -0.15) is 0 Å². The van der Waals surface area contributed by atoms with E-state index in [-0.39, 0.29) is 11.9 Å². The number of carbonyl (C=O) groups excluding carboxylic acids is 1. The van der Waals surface area contributed by atoms with Crippen LogP contribution in [0.1, 0.15) is 52.6 Å². The van der Waals surface area contributed by atoms with Gasteiger partial charge in [-0.1, -0.05) is 42.8 Å². The van der Waals surface area contributed by atoms with Gasteiger partial charge in [0.25, 0.3) is 5.91 Å². The van der Waals surface area contributed by atoms with Gasteiger partial charge < -0.3 is 10.1 Å². The zero-order chi connectivity index (χ0) is 21.3. The van der Waals surface area contributed by atoms with E-state index in [9.17, 15) is 4.79 Å². The van der Waals surface area contributed by atoms with Crippen molar-refractivity contribution >= 4 is 16.8 Å². The lowest BCUT2D eigenvalue weighted by atomic mass is 9.94. The molecule has 1 aliphatic heterocycles. The number of amides is 1. The number of hydrogen-bond donors (Lipinski definition) is 1. The van der Waals surface area contributed by atoms with Gasteiger partial charge in [0, 0.05) is 41.7 Å². The Labute approximate surface area is 178 Å². The molecule has 1 aliphatic rings. The first-order valence-corrected chi connectivity index (χ1v) is 10.6. The van der Waals surface area contributed by atoms with Crippen molar-refractivity contribution in [1.82, 2.24) is 15.2 Å². The topological polar surface area (TPSA) is 54.5 Å². The van der Waals surface area contributed by atoms with Crippen molar-refractivity contribution in [2.45, 2.75) is 39.8 Å². The van der Waals surface area contributed by atoms with Crippen LogP contribution in [0.5, 0.6) is 5.75 Å². The van der Waals surface area contributed by atoms with Crippen LogP contribution in [0.3, 0.4) is 0 Å². The normalized spacial score (nSPS) is 14.9. The molecule has 1 aromatic heterocycles. The van der Waals surface area contributed by atoms with Crippen molar-refractivity contribution in [3.63, 3.8) is 0 Å². The minimum atomic E-state index is -0.180. The monoisotopic (exact) mass is 403 g/mol. The highest BCUT2D eigenvalue weighted by molar-refractivity contribution is 6.07. The van der Waals surface area contributed by atoms with Crippen LogP contribution in [-0.4, -0.2) is 36.0 Å². The molecular weight excluding hydrogens is 374 g/mol. The van der Waals surface area contributed by atoms with Gasteiger partial charge in [-0.15, -0.1) is 0 Å². The number of carbonyl (C=O) groups is 1. The fourth-order valence-electron chi connectivity index (χ4n) is 4.31. The molecule has 1 N–H and O–H groups in total. The zero-order valence-electron chi connectivity index (χ0n) is 18.2. The predicted octanol–water partition coefficient (Wildman–Crippen LogP) is 4.42. The van der Waals surface area contributed by atoms with E-state index in [2.05, 4.69) is 23.2 Å². The number of ether oxygens (including phenoxy) is 1. The summed E-state index contributed by atoms with van der Waals surface area (Å²) in [7, 11) is 1.66. The van der Waals surface area contributed by atoms with E-state index in [1.54, 1.807) is 7.11 Å². The van der Waals surface area contributed by atoms with E-state index in [0.29, 0.717) is 0 Å². The number of benzene rings is 2. The third-order valence-corrected chi connectivity index (χ3v) is 6.00. The Kier molecular flexibility index (Phi) is 5.73. The van der Waals surface area contributed by atoms with E-state index in [1.165, 1.54) is 0 Å². The summed E-state index contributed by atoms with van der Waals surface area (Å²) in [6.07, 6.45) is 0.871. The lowest BCUT2D eigenvalue weighted by Crippen LogP contribution is -2.34. The van der Waals surface area contributed by atoms with Gasteiger partial charge in [0.15, 0.2) is 0 Å².